The molecule has 2 fully saturated rings. The molecule has 3 N–H and O–H groups in total. The quantitative estimate of drug-likeness (QED) is 0.588. The summed E-state index contributed by atoms with van der Waals surface area (Å²) in [5.41, 5.74) is 5.35. The van der Waals surface area contributed by atoms with Gasteiger partial charge in [-0.3, -0.25) is 14.5 Å². The number of morpholine rings is 1. The minimum Gasteiger partial charge on any atom is -0.378 e. The van der Waals surface area contributed by atoms with Gasteiger partial charge < -0.3 is 20.7 Å². The van der Waals surface area contributed by atoms with E-state index in [9.17, 15) is 9.59 Å². The highest BCUT2D eigenvalue weighted by molar-refractivity contribution is 5.82. The summed E-state index contributed by atoms with van der Waals surface area (Å²) >= 11 is 0. The van der Waals surface area contributed by atoms with E-state index in [1.807, 2.05) is 4.90 Å². The Morgan fingerprint density at radius 2 is 2.00 bits per heavy atom. The second-order valence-electron chi connectivity index (χ2n) is 4.59. The number of carbonyl (C=O) groups excluding carboxylic acids is 2. The Balaban J connectivity index is 1.89. The van der Waals surface area contributed by atoms with Gasteiger partial charge in [0.25, 0.3) is 0 Å². The van der Waals surface area contributed by atoms with Crippen LogP contribution in [0.3, 0.4) is 0 Å². The number of piperazine rings is 1. The first kappa shape index (κ1) is 13.3. The first-order chi connectivity index (χ1) is 8.68. The fourth-order valence-electron chi connectivity index (χ4n) is 2.30. The molecule has 2 saturated heterocycles. The van der Waals surface area contributed by atoms with Gasteiger partial charge in [0, 0.05) is 32.7 Å². The topological polar surface area (TPSA) is 87.9 Å². The Morgan fingerprint density at radius 3 is 2.67 bits per heavy atom. The average Bonchev–Trinajstić information content (AvgIpc) is 2.40. The maximum absolute atomic E-state index is 12.1. The van der Waals surface area contributed by atoms with Crippen LogP contribution in [0.5, 0.6) is 0 Å². The zero-order chi connectivity index (χ0) is 13.0. The predicted octanol–water partition coefficient (Wildman–Crippen LogP) is -2.40. The first-order valence-corrected chi connectivity index (χ1v) is 6.28. The second kappa shape index (κ2) is 6.12. The smallest absolute Gasteiger partial charge is 0.236 e. The minimum atomic E-state index is -0.385. The van der Waals surface area contributed by atoms with Crippen LogP contribution in [0.15, 0.2) is 0 Å². The number of nitrogens with zero attached hydrogens (tertiary/aromatic N) is 2. The molecule has 0 aliphatic carbocycles. The van der Waals surface area contributed by atoms with Crippen LogP contribution in [-0.2, 0) is 14.3 Å². The molecule has 7 nitrogen and oxygen atoms in total. The van der Waals surface area contributed by atoms with E-state index in [2.05, 4.69) is 5.32 Å². The van der Waals surface area contributed by atoms with Gasteiger partial charge in [-0.2, -0.15) is 0 Å². The van der Waals surface area contributed by atoms with E-state index in [1.54, 1.807) is 4.90 Å². The molecule has 0 aromatic heterocycles. The predicted molar refractivity (Wildman–Crippen MR) is 64.8 cm³/mol. The van der Waals surface area contributed by atoms with Gasteiger partial charge in [0.1, 0.15) is 6.04 Å². The lowest BCUT2D eigenvalue weighted by Crippen LogP contribution is -2.59. The molecule has 0 radical (unpaired) electrons. The lowest BCUT2D eigenvalue weighted by molar-refractivity contribution is -0.138. The number of nitrogens with one attached hydrogen (secondary N) is 1. The zero-order valence-electron chi connectivity index (χ0n) is 10.4. The van der Waals surface area contributed by atoms with E-state index in [1.165, 1.54) is 0 Å². The van der Waals surface area contributed by atoms with Crippen molar-refractivity contribution >= 4 is 11.8 Å². The Hall–Kier alpha value is -1.18. The van der Waals surface area contributed by atoms with Crippen molar-refractivity contribution in [3.8, 4) is 0 Å². The third-order valence-corrected chi connectivity index (χ3v) is 3.38. The number of rotatable bonds is 3. The molecule has 0 spiro atoms. The lowest BCUT2D eigenvalue weighted by atomic mass is 10.2. The number of hydrogen-bond acceptors (Lipinski definition) is 5. The van der Waals surface area contributed by atoms with Crippen molar-refractivity contribution in [1.82, 2.24) is 15.1 Å². The summed E-state index contributed by atoms with van der Waals surface area (Å²) in [7, 11) is 0. The van der Waals surface area contributed by atoms with Crippen LogP contribution in [-0.4, -0.2) is 80.1 Å². The normalized spacial score (nSPS) is 26.0. The highest BCUT2D eigenvalue weighted by atomic mass is 16.5. The Bertz CT molecular complexity index is 317. The summed E-state index contributed by atoms with van der Waals surface area (Å²) in [4.78, 5) is 27.0. The van der Waals surface area contributed by atoms with Gasteiger partial charge >= 0.3 is 0 Å². The zero-order valence-corrected chi connectivity index (χ0v) is 10.4. The molecule has 2 rings (SSSR count). The highest BCUT2D eigenvalue weighted by Gasteiger charge is 2.29. The summed E-state index contributed by atoms with van der Waals surface area (Å²) in [6.45, 7) is 4.67. The van der Waals surface area contributed by atoms with Gasteiger partial charge in [0.2, 0.25) is 11.8 Å². The summed E-state index contributed by atoms with van der Waals surface area (Å²) in [5, 5.41) is 3.11. The molecular weight excluding hydrogens is 236 g/mol. The minimum absolute atomic E-state index is 0.0476. The van der Waals surface area contributed by atoms with Gasteiger partial charge in [-0.05, 0) is 0 Å². The van der Waals surface area contributed by atoms with E-state index in [-0.39, 0.29) is 24.4 Å². The molecule has 0 aromatic carbocycles. The number of nitrogens with two attached hydrogens (primary N) is 1. The molecule has 0 saturated carbocycles. The molecule has 7 heteroatoms. The van der Waals surface area contributed by atoms with E-state index < -0.39 is 0 Å². The Kier molecular flexibility index (Phi) is 4.51. The van der Waals surface area contributed by atoms with Gasteiger partial charge in [0.15, 0.2) is 0 Å². The standard InChI is InChI=1S/C11H20N4O3/c12-11(17)9-7-13-1-2-15(9)8-10(16)14-3-5-18-6-4-14/h9,13H,1-8H2,(H2,12,17). The van der Waals surface area contributed by atoms with Crippen LogP contribution in [0.1, 0.15) is 0 Å². The number of carbonyl (C=O) groups is 2. The van der Waals surface area contributed by atoms with Gasteiger partial charge in [-0.15, -0.1) is 0 Å². The summed E-state index contributed by atoms with van der Waals surface area (Å²) in [6.07, 6.45) is 0. The van der Waals surface area contributed by atoms with Gasteiger partial charge in [0.05, 0.1) is 19.8 Å². The van der Waals surface area contributed by atoms with Crippen LogP contribution >= 0.6 is 0 Å². The molecular formula is C11H20N4O3. The lowest BCUT2D eigenvalue weighted by Gasteiger charge is -2.35. The molecule has 18 heavy (non-hydrogen) atoms. The van der Waals surface area contributed by atoms with Crippen molar-refractivity contribution in [2.45, 2.75) is 6.04 Å². The molecule has 102 valence electrons. The summed E-state index contributed by atoms with van der Waals surface area (Å²) in [6, 6.07) is -0.385. The maximum Gasteiger partial charge on any atom is 0.236 e. The summed E-state index contributed by atoms with van der Waals surface area (Å²) < 4.78 is 5.21. The number of ether oxygens (including phenoxy) is 1. The summed E-state index contributed by atoms with van der Waals surface area (Å²) in [5.74, 6) is -0.330. The van der Waals surface area contributed by atoms with Crippen molar-refractivity contribution in [3.05, 3.63) is 0 Å². The van der Waals surface area contributed by atoms with E-state index in [0.717, 1.165) is 6.54 Å². The van der Waals surface area contributed by atoms with Gasteiger partial charge in [-0.25, -0.2) is 0 Å². The molecule has 0 aromatic rings. The average molecular weight is 256 g/mol. The molecule has 1 unspecified atom stereocenters. The Labute approximate surface area is 106 Å². The number of primary amides is 1. The molecule has 2 heterocycles. The van der Waals surface area contributed by atoms with Crippen molar-refractivity contribution in [2.24, 2.45) is 5.73 Å². The fraction of sp³-hybridized carbons (Fsp3) is 0.818. The third kappa shape index (κ3) is 3.18. The SMILES string of the molecule is NC(=O)C1CNCCN1CC(=O)N1CCOCC1. The fourth-order valence-corrected chi connectivity index (χ4v) is 2.30. The largest absolute Gasteiger partial charge is 0.378 e. The number of hydrogen-bond donors (Lipinski definition) is 2. The molecule has 2 aliphatic rings. The van der Waals surface area contributed by atoms with E-state index in [0.29, 0.717) is 39.4 Å². The number of amides is 2. The van der Waals surface area contributed by atoms with Gasteiger partial charge in [-0.1, -0.05) is 0 Å². The molecule has 2 amide bonds. The van der Waals surface area contributed by atoms with Crippen molar-refractivity contribution in [3.63, 3.8) is 0 Å². The van der Waals surface area contributed by atoms with Crippen LogP contribution in [0.25, 0.3) is 0 Å². The first-order valence-electron chi connectivity index (χ1n) is 6.28. The monoisotopic (exact) mass is 256 g/mol. The second-order valence-corrected chi connectivity index (χ2v) is 4.59. The maximum atomic E-state index is 12.1. The van der Waals surface area contributed by atoms with Crippen LogP contribution < -0.4 is 11.1 Å². The Morgan fingerprint density at radius 1 is 1.28 bits per heavy atom. The van der Waals surface area contributed by atoms with E-state index >= 15 is 0 Å². The van der Waals surface area contributed by atoms with Crippen LogP contribution in [0.2, 0.25) is 0 Å². The van der Waals surface area contributed by atoms with Crippen molar-refractivity contribution in [1.29, 1.82) is 0 Å². The molecule has 1 atom stereocenters. The van der Waals surface area contributed by atoms with Crippen LogP contribution in [0, 0.1) is 0 Å². The van der Waals surface area contributed by atoms with Crippen molar-refractivity contribution < 1.29 is 14.3 Å². The molecule has 2 aliphatic heterocycles. The van der Waals surface area contributed by atoms with E-state index in [4.69, 9.17) is 10.5 Å². The van der Waals surface area contributed by atoms with Crippen LogP contribution in [0.4, 0.5) is 0 Å². The van der Waals surface area contributed by atoms with Crippen molar-refractivity contribution in [2.75, 3.05) is 52.5 Å². The molecule has 0 bridgehead atoms. The third-order valence-electron chi connectivity index (χ3n) is 3.38. The highest BCUT2D eigenvalue weighted by Crippen LogP contribution is 2.05.